The number of halogens is 1. The molecule has 6 heteroatoms. The number of hydrogen-bond acceptors (Lipinski definition) is 5. The molecule has 1 aromatic heterocycles. The molecule has 0 aliphatic carbocycles. The number of benzene rings is 2. The molecule has 0 aliphatic rings. The van der Waals surface area contributed by atoms with Gasteiger partial charge in [0, 0.05) is 17.0 Å². The van der Waals surface area contributed by atoms with Crippen LogP contribution in [0.15, 0.2) is 51.5 Å². The van der Waals surface area contributed by atoms with E-state index in [9.17, 15) is 10.2 Å². The highest BCUT2D eigenvalue weighted by atomic mass is 79.9. The largest absolute Gasteiger partial charge is 0.508 e. The zero-order valence-electron chi connectivity index (χ0n) is 10.8. The summed E-state index contributed by atoms with van der Waals surface area (Å²) in [5.74, 6) is 0.606. The van der Waals surface area contributed by atoms with Crippen LogP contribution >= 0.6 is 15.9 Å². The van der Waals surface area contributed by atoms with Crippen molar-refractivity contribution in [1.82, 2.24) is 10.1 Å². The molecule has 0 saturated heterocycles. The SMILES string of the molecule is Oc1ccc(-c2nc(Cc3ccccc3Br)no2)c(O)c1. The predicted molar refractivity (Wildman–Crippen MR) is 80.0 cm³/mol. The topological polar surface area (TPSA) is 79.4 Å². The van der Waals surface area contributed by atoms with Crippen molar-refractivity contribution in [3.63, 3.8) is 0 Å². The molecule has 106 valence electrons. The smallest absolute Gasteiger partial charge is 0.261 e. The van der Waals surface area contributed by atoms with E-state index in [0.717, 1.165) is 10.0 Å². The van der Waals surface area contributed by atoms with Gasteiger partial charge in [-0.2, -0.15) is 4.98 Å². The van der Waals surface area contributed by atoms with Gasteiger partial charge < -0.3 is 14.7 Å². The van der Waals surface area contributed by atoms with Crippen LogP contribution in [0.3, 0.4) is 0 Å². The third-order valence-corrected chi connectivity index (χ3v) is 3.76. The monoisotopic (exact) mass is 346 g/mol. The Morgan fingerprint density at radius 2 is 1.90 bits per heavy atom. The Morgan fingerprint density at radius 3 is 2.67 bits per heavy atom. The van der Waals surface area contributed by atoms with Crippen LogP contribution in [-0.4, -0.2) is 20.4 Å². The maximum atomic E-state index is 9.79. The molecule has 21 heavy (non-hydrogen) atoms. The lowest BCUT2D eigenvalue weighted by Crippen LogP contribution is -1.91. The quantitative estimate of drug-likeness (QED) is 0.758. The van der Waals surface area contributed by atoms with E-state index in [0.29, 0.717) is 17.8 Å². The number of aromatic hydroxyl groups is 2. The molecule has 0 saturated carbocycles. The second-order valence-electron chi connectivity index (χ2n) is 4.49. The molecule has 3 rings (SSSR count). The van der Waals surface area contributed by atoms with Crippen molar-refractivity contribution >= 4 is 15.9 Å². The second-order valence-corrected chi connectivity index (χ2v) is 5.34. The molecule has 0 unspecified atom stereocenters. The van der Waals surface area contributed by atoms with Gasteiger partial charge in [0.2, 0.25) is 0 Å². The summed E-state index contributed by atoms with van der Waals surface area (Å²) in [6.45, 7) is 0. The molecule has 0 amide bonds. The number of phenolic OH excluding ortho intramolecular Hbond substituents is 2. The molecule has 0 aliphatic heterocycles. The van der Waals surface area contributed by atoms with Crippen molar-refractivity contribution in [2.75, 3.05) is 0 Å². The Bertz CT molecular complexity index is 786. The second kappa shape index (κ2) is 5.57. The fourth-order valence-corrected chi connectivity index (χ4v) is 2.37. The summed E-state index contributed by atoms with van der Waals surface area (Å²) in [7, 11) is 0. The zero-order valence-corrected chi connectivity index (χ0v) is 12.4. The fourth-order valence-electron chi connectivity index (χ4n) is 1.95. The number of aromatic nitrogens is 2. The van der Waals surface area contributed by atoms with Crippen LogP contribution in [0.2, 0.25) is 0 Å². The minimum absolute atomic E-state index is 0.0239. The molecule has 2 N–H and O–H groups in total. The van der Waals surface area contributed by atoms with Crippen LogP contribution in [0.1, 0.15) is 11.4 Å². The highest BCUT2D eigenvalue weighted by molar-refractivity contribution is 9.10. The van der Waals surface area contributed by atoms with Crippen molar-refractivity contribution in [3.8, 4) is 23.0 Å². The molecule has 0 fully saturated rings. The highest BCUT2D eigenvalue weighted by Crippen LogP contribution is 2.31. The van der Waals surface area contributed by atoms with Gasteiger partial charge in [-0.1, -0.05) is 39.3 Å². The van der Waals surface area contributed by atoms with E-state index in [1.54, 1.807) is 0 Å². The van der Waals surface area contributed by atoms with Crippen molar-refractivity contribution in [3.05, 3.63) is 58.3 Å². The standard InChI is InChI=1S/C15H11BrN2O3/c16-12-4-2-1-3-9(12)7-14-17-15(21-18-14)11-6-5-10(19)8-13(11)20/h1-6,8,19-20H,7H2. The van der Waals surface area contributed by atoms with Gasteiger partial charge in [0.05, 0.1) is 5.56 Å². The van der Waals surface area contributed by atoms with E-state index in [4.69, 9.17) is 4.52 Å². The maximum absolute atomic E-state index is 9.79. The van der Waals surface area contributed by atoms with E-state index in [2.05, 4.69) is 26.1 Å². The van der Waals surface area contributed by atoms with Crippen LogP contribution in [-0.2, 0) is 6.42 Å². The Kier molecular flexibility index (Phi) is 3.62. The summed E-state index contributed by atoms with van der Waals surface area (Å²) >= 11 is 3.47. The van der Waals surface area contributed by atoms with E-state index < -0.39 is 0 Å². The zero-order chi connectivity index (χ0) is 14.8. The molecule has 0 bridgehead atoms. The van der Waals surface area contributed by atoms with Gasteiger partial charge in [0.25, 0.3) is 5.89 Å². The van der Waals surface area contributed by atoms with Gasteiger partial charge in [-0.25, -0.2) is 0 Å². The third kappa shape index (κ3) is 2.90. The lowest BCUT2D eigenvalue weighted by atomic mass is 10.1. The van der Waals surface area contributed by atoms with Gasteiger partial charge in [-0.3, -0.25) is 0 Å². The molecular weight excluding hydrogens is 336 g/mol. The Hall–Kier alpha value is -2.34. The molecule has 2 aromatic carbocycles. The Morgan fingerprint density at radius 1 is 1.10 bits per heavy atom. The van der Waals surface area contributed by atoms with Crippen LogP contribution in [0.5, 0.6) is 11.5 Å². The van der Waals surface area contributed by atoms with Crippen LogP contribution in [0.4, 0.5) is 0 Å². The molecule has 0 atom stereocenters. The normalized spacial score (nSPS) is 10.7. The number of rotatable bonds is 3. The molecule has 5 nitrogen and oxygen atoms in total. The number of nitrogens with zero attached hydrogens (tertiary/aromatic N) is 2. The molecular formula is C15H11BrN2O3. The third-order valence-electron chi connectivity index (χ3n) is 2.99. The average molecular weight is 347 g/mol. The average Bonchev–Trinajstić information content (AvgIpc) is 2.90. The lowest BCUT2D eigenvalue weighted by Gasteiger charge is -2.00. The van der Waals surface area contributed by atoms with Gasteiger partial charge in [-0.05, 0) is 23.8 Å². The van der Waals surface area contributed by atoms with Crippen LogP contribution in [0, 0.1) is 0 Å². The lowest BCUT2D eigenvalue weighted by molar-refractivity contribution is 0.417. The van der Waals surface area contributed by atoms with Crippen LogP contribution in [0.25, 0.3) is 11.5 Å². The minimum Gasteiger partial charge on any atom is -0.508 e. The first-order valence-corrected chi connectivity index (χ1v) is 7.01. The maximum Gasteiger partial charge on any atom is 0.261 e. The summed E-state index contributed by atoms with van der Waals surface area (Å²) in [5.41, 5.74) is 1.43. The minimum atomic E-state index is -0.105. The molecule has 3 aromatic rings. The Labute approximate surface area is 129 Å². The van der Waals surface area contributed by atoms with Crippen molar-refractivity contribution in [2.24, 2.45) is 0 Å². The number of hydrogen-bond donors (Lipinski definition) is 2. The van der Waals surface area contributed by atoms with E-state index in [-0.39, 0.29) is 17.4 Å². The van der Waals surface area contributed by atoms with Crippen molar-refractivity contribution in [1.29, 1.82) is 0 Å². The first-order valence-electron chi connectivity index (χ1n) is 6.22. The summed E-state index contributed by atoms with van der Waals surface area (Å²) in [6.07, 6.45) is 0.518. The first-order chi connectivity index (χ1) is 10.1. The summed E-state index contributed by atoms with van der Waals surface area (Å²) in [5, 5.41) is 23.0. The fraction of sp³-hybridized carbons (Fsp3) is 0.0667. The van der Waals surface area contributed by atoms with Gasteiger partial charge >= 0.3 is 0 Å². The van der Waals surface area contributed by atoms with Gasteiger partial charge in [-0.15, -0.1) is 0 Å². The van der Waals surface area contributed by atoms with E-state index in [1.165, 1.54) is 18.2 Å². The predicted octanol–water partition coefficient (Wildman–Crippen LogP) is 3.50. The summed E-state index contributed by atoms with van der Waals surface area (Å²) in [6, 6.07) is 12.0. The summed E-state index contributed by atoms with van der Waals surface area (Å²) < 4.78 is 6.14. The Balaban J connectivity index is 1.88. The first kappa shape index (κ1) is 13.6. The van der Waals surface area contributed by atoms with E-state index >= 15 is 0 Å². The molecule has 0 spiro atoms. The van der Waals surface area contributed by atoms with E-state index in [1.807, 2.05) is 24.3 Å². The molecule has 1 heterocycles. The molecule has 0 radical (unpaired) electrons. The summed E-state index contributed by atoms with van der Waals surface area (Å²) in [4.78, 5) is 4.27. The number of phenols is 2. The van der Waals surface area contributed by atoms with Crippen molar-refractivity contribution < 1.29 is 14.7 Å². The highest BCUT2D eigenvalue weighted by Gasteiger charge is 2.14. The van der Waals surface area contributed by atoms with Gasteiger partial charge in [0.15, 0.2) is 5.82 Å². The van der Waals surface area contributed by atoms with Gasteiger partial charge in [0.1, 0.15) is 11.5 Å². The van der Waals surface area contributed by atoms with Crippen molar-refractivity contribution in [2.45, 2.75) is 6.42 Å². The van der Waals surface area contributed by atoms with Crippen LogP contribution < -0.4 is 0 Å².